The van der Waals surface area contributed by atoms with Gasteiger partial charge in [-0.2, -0.15) is 0 Å². The Hall–Kier alpha value is -0.970. The number of hydrogen-bond acceptors (Lipinski definition) is 4. The predicted octanol–water partition coefficient (Wildman–Crippen LogP) is 2.73. The average Bonchev–Trinajstić information content (AvgIpc) is 2.25. The van der Waals surface area contributed by atoms with Crippen molar-refractivity contribution in [2.24, 2.45) is 0 Å². The Kier molecular flexibility index (Phi) is 4.86. The monoisotopic (exact) mass is 263 g/mol. The Morgan fingerprint density at radius 3 is 2.69 bits per heavy atom. The SMILES string of the molecule is CCOCOC(=O)c1cc(N)c(Cl)c(Cl)c1. The fraction of sp³-hybridized carbons (Fsp3) is 0.300. The molecule has 0 spiro atoms. The maximum Gasteiger partial charge on any atom is 0.340 e. The van der Waals surface area contributed by atoms with E-state index in [2.05, 4.69) is 0 Å². The number of anilines is 1. The van der Waals surface area contributed by atoms with Gasteiger partial charge >= 0.3 is 5.97 Å². The van der Waals surface area contributed by atoms with Gasteiger partial charge in [0.25, 0.3) is 0 Å². The van der Waals surface area contributed by atoms with Crippen LogP contribution in [0, 0.1) is 0 Å². The van der Waals surface area contributed by atoms with Gasteiger partial charge in [-0.05, 0) is 19.1 Å². The van der Waals surface area contributed by atoms with Crippen molar-refractivity contribution in [2.75, 3.05) is 19.1 Å². The molecule has 6 heteroatoms. The molecule has 2 N–H and O–H groups in total. The average molecular weight is 264 g/mol. The number of rotatable bonds is 4. The number of carbonyl (C=O) groups is 1. The van der Waals surface area contributed by atoms with E-state index in [1.165, 1.54) is 12.1 Å². The van der Waals surface area contributed by atoms with Crippen LogP contribution in [-0.4, -0.2) is 19.4 Å². The number of nitrogens with two attached hydrogens (primary N) is 1. The van der Waals surface area contributed by atoms with Crippen LogP contribution in [0.2, 0.25) is 10.0 Å². The molecular formula is C10H11Cl2NO3. The first-order valence-corrected chi connectivity index (χ1v) is 5.31. The maximum absolute atomic E-state index is 11.5. The van der Waals surface area contributed by atoms with Crippen LogP contribution in [0.5, 0.6) is 0 Å². The van der Waals surface area contributed by atoms with Gasteiger partial charge in [0.2, 0.25) is 0 Å². The lowest BCUT2D eigenvalue weighted by molar-refractivity contribution is -0.0274. The number of ether oxygens (including phenoxy) is 2. The standard InChI is InChI=1S/C10H11Cl2NO3/c1-2-15-5-16-10(14)6-3-7(11)9(12)8(13)4-6/h3-4H,2,5,13H2,1H3. The largest absolute Gasteiger partial charge is 0.435 e. The van der Waals surface area contributed by atoms with Gasteiger partial charge in [-0.3, -0.25) is 0 Å². The van der Waals surface area contributed by atoms with E-state index >= 15 is 0 Å². The van der Waals surface area contributed by atoms with E-state index in [1.54, 1.807) is 6.92 Å². The van der Waals surface area contributed by atoms with E-state index in [0.717, 1.165) is 0 Å². The first-order chi connectivity index (χ1) is 7.56. The fourth-order valence-electron chi connectivity index (χ4n) is 0.990. The summed E-state index contributed by atoms with van der Waals surface area (Å²) in [7, 11) is 0. The van der Waals surface area contributed by atoms with Crippen LogP contribution in [0.4, 0.5) is 5.69 Å². The van der Waals surface area contributed by atoms with Gasteiger partial charge < -0.3 is 15.2 Å². The molecule has 0 aliphatic rings. The van der Waals surface area contributed by atoms with Crippen molar-refractivity contribution in [1.29, 1.82) is 0 Å². The number of hydrogen-bond donors (Lipinski definition) is 1. The molecule has 0 amide bonds. The van der Waals surface area contributed by atoms with Crippen LogP contribution in [0.3, 0.4) is 0 Å². The molecule has 0 bridgehead atoms. The lowest BCUT2D eigenvalue weighted by atomic mass is 10.2. The van der Waals surface area contributed by atoms with E-state index < -0.39 is 5.97 Å². The van der Waals surface area contributed by atoms with Crippen molar-refractivity contribution in [2.45, 2.75) is 6.92 Å². The smallest absolute Gasteiger partial charge is 0.340 e. The number of carbonyl (C=O) groups excluding carboxylic acids is 1. The lowest BCUT2D eigenvalue weighted by Gasteiger charge is -2.07. The Morgan fingerprint density at radius 1 is 1.44 bits per heavy atom. The number of benzene rings is 1. The summed E-state index contributed by atoms with van der Waals surface area (Å²) in [6.07, 6.45) is 0. The molecule has 88 valence electrons. The van der Waals surface area contributed by atoms with Gasteiger partial charge in [-0.25, -0.2) is 4.79 Å². The van der Waals surface area contributed by atoms with Gasteiger partial charge in [0, 0.05) is 6.61 Å². The molecule has 0 atom stereocenters. The Labute approximate surface area is 103 Å². The highest BCUT2D eigenvalue weighted by Gasteiger charge is 2.12. The fourth-order valence-corrected chi connectivity index (χ4v) is 1.33. The molecule has 0 unspecified atom stereocenters. The Balaban J connectivity index is 2.76. The van der Waals surface area contributed by atoms with E-state index in [0.29, 0.717) is 6.61 Å². The van der Waals surface area contributed by atoms with Crippen molar-refractivity contribution in [1.82, 2.24) is 0 Å². The van der Waals surface area contributed by atoms with Crippen LogP contribution in [0.1, 0.15) is 17.3 Å². The number of halogens is 2. The molecule has 0 fully saturated rings. The van der Waals surface area contributed by atoms with Gasteiger partial charge in [0.05, 0.1) is 21.3 Å². The summed E-state index contributed by atoms with van der Waals surface area (Å²) in [6, 6.07) is 2.80. The van der Waals surface area contributed by atoms with Crippen LogP contribution in [0.15, 0.2) is 12.1 Å². The third kappa shape index (κ3) is 3.27. The molecule has 1 aromatic carbocycles. The van der Waals surface area contributed by atoms with E-state index in [9.17, 15) is 4.79 Å². The second kappa shape index (κ2) is 5.94. The molecular weight excluding hydrogens is 253 g/mol. The van der Waals surface area contributed by atoms with E-state index in [-0.39, 0.29) is 28.1 Å². The molecule has 0 aliphatic carbocycles. The highest BCUT2D eigenvalue weighted by molar-refractivity contribution is 6.43. The molecule has 0 heterocycles. The molecule has 0 aliphatic heterocycles. The Morgan fingerprint density at radius 2 is 2.12 bits per heavy atom. The zero-order chi connectivity index (χ0) is 12.1. The van der Waals surface area contributed by atoms with Crippen LogP contribution < -0.4 is 5.73 Å². The molecule has 0 aromatic heterocycles. The van der Waals surface area contributed by atoms with Gasteiger partial charge in [-0.15, -0.1) is 0 Å². The van der Waals surface area contributed by atoms with Gasteiger partial charge in [0.15, 0.2) is 6.79 Å². The minimum atomic E-state index is -0.557. The topological polar surface area (TPSA) is 61.5 Å². The molecule has 0 saturated carbocycles. The molecule has 16 heavy (non-hydrogen) atoms. The molecule has 1 rings (SSSR count). The summed E-state index contributed by atoms with van der Waals surface area (Å²) in [5.74, 6) is -0.557. The molecule has 0 radical (unpaired) electrons. The minimum Gasteiger partial charge on any atom is -0.435 e. The zero-order valence-corrected chi connectivity index (χ0v) is 10.1. The second-order valence-electron chi connectivity index (χ2n) is 2.90. The van der Waals surface area contributed by atoms with Crippen molar-refractivity contribution in [3.8, 4) is 0 Å². The zero-order valence-electron chi connectivity index (χ0n) is 8.63. The van der Waals surface area contributed by atoms with Crippen LogP contribution in [0.25, 0.3) is 0 Å². The van der Waals surface area contributed by atoms with Gasteiger partial charge in [0.1, 0.15) is 0 Å². The summed E-state index contributed by atoms with van der Waals surface area (Å²) in [5, 5.41) is 0.438. The molecule has 4 nitrogen and oxygen atoms in total. The minimum absolute atomic E-state index is 0.102. The summed E-state index contributed by atoms with van der Waals surface area (Å²) in [4.78, 5) is 11.5. The number of nitrogen functional groups attached to an aromatic ring is 1. The van der Waals surface area contributed by atoms with E-state index in [4.69, 9.17) is 38.4 Å². The van der Waals surface area contributed by atoms with Crippen LogP contribution in [-0.2, 0) is 9.47 Å². The molecule has 0 saturated heterocycles. The summed E-state index contributed by atoms with van der Waals surface area (Å²) in [5.41, 5.74) is 6.03. The summed E-state index contributed by atoms with van der Waals surface area (Å²) < 4.78 is 9.68. The highest BCUT2D eigenvalue weighted by atomic mass is 35.5. The summed E-state index contributed by atoms with van der Waals surface area (Å²) >= 11 is 11.5. The van der Waals surface area contributed by atoms with E-state index in [1.807, 2.05) is 0 Å². The normalized spacial score (nSPS) is 10.2. The van der Waals surface area contributed by atoms with Crippen LogP contribution >= 0.6 is 23.2 Å². The summed E-state index contributed by atoms with van der Waals surface area (Å²) in [6.45, 7) is 2.16. The number of esters is 1. The van der Waals surface area contributed by atoms with Crippen molar-refractivity contribution in [3.05, 3.63) is 27.7 Å². The first kappa shape index (κ1) is 13.1. The van der Waals surface area contributed by atoms with Crippen molar-refractivity contribution >= 4 is 34.9 Å². The lowest BCUT2D eigenvalue weighted by Crippen LogP contribution is -2.09. The Bertz CT molecular complexity index is 373. The highest BCUT2D eigenvalue weighted by Crippen LogP contribution is 2.29. The first-order valence-electron chi connectivity index (χ1n) is 4.55. The third-order valence-corrected chi connectivity index (χ3v) is 2.59. The van der Waals surface area contributed by atoms with Crippen molar-refractivity contribution < 1.29 is 14.3 Å². The maximum atomic E-state index is 11.5. The quantitative estimate of drug-likeness (QED) is 0.393. The van der Waals surface area contributed by atoms with Crippen molar-refractivity contribution in [3.63, 3.8) is 0 Å². The predicted molar refractivity (Wildman–Crippen MR) is 62.8 cm³/mol. The second-order valence-corrected chi connectivity index (χ2v) is 3.69. The molecule has 1 aromatic rings. The third-order valence-electron chi connectivity index (χ3n) is 1.77. The van der Waals surface area contributed by atoms with Gasteiger partial charge in [-0.1, -0.05) is 23.2 Å².